The Balaban J connectivity index is 2.56. The highest BCUT2D eigenvalue weighted by molar-refractivity contribution is 6.32. The lowest BCUT2D eigenvalue weighted by atomic mass is 10.0. The van der Waals surface area contributed by atoms with E-state index < -0.39 is 5.82 Å². The van der Waals surface area contributed by atoms with Crippen LogP contribution in [0.3, 0.4) is 0 Å². The first-order valence-corrected chi connectivity index (χ1v) is 5.32. The summed E-state index contributed by atoms with van der Waals surface area (Å²) >= 11 is 5.89. The monoisotopic (exact) mass is 252 g/mol. The van der Waals surface area contributed by atoms with Crippen LogP contribution in [0.5, 0.6) is 11.5 Å². The van der Waals surface area contributed by atoms with Gasteiger partial charge in [-0.15, -0.1) is 0 Å². The lowest BCUT2D eigenvalue weighted by Gasteiger charge is -2.08. The van der Waals surface area contributed by atoms with Crippen LogP contribution in [0.15, 0.2) is 36.4 Å². The van der Waals surface area contributed by atoms with E-state index in [1.807, 2.05) is 0 Å². The molecule has 0 amide bonds. The summed E-state index contributed by atoms with van der Waals surface area (Å²) in [6.07, 6.45) is 0. The average molecular weight is 253 g/mol. The molecule has 0 bridgehead atoms. The third kappa shape index (κ3) is 2.34. The second-order valence-corrected chi connectivity index (χ2v) is 3.92. The Bertz CT molecular complexity index is 555. The molecular weight excluding hydrogens is 243 g/mol. The zero-order valence-corrected chi connectivity index (χ0v) is 9.83. The van der Waals surface area contributed by atoms with E-state index in [-0.39, 0.29) is 5.75 Å². The van der Waals surface area contributed by atoms with Gasteiger partial charge in [0.15, 0.2) is 0 Å². The van der Waals surface area contributed by atoms with Crippen molar-refractivity contribution in [3.8, 4) is 22.6 Å². The fourth-order valence-electron chi connectivity index (χ4n) is 1.57. The summed E-state index contributed by atoms with van der Waals surface area (Å²) in [7, 11) is 1.50. The minimum Gasteiger partial charge on any atom is -0.507 e. The van der Waals surface area contributed by atoms with E-state index >= 15 is 0 Å². The van der Waals surface area contributed by atoms with Gasteiger partial charge in [0.2, 0.25) is 0 Å². The van der Waals surface area contributed by atoms with Gasteiger partial charge in [0.05, 0.1) is 12.1 Å². The molecule has 2 rings (SSSR count). The van der Waals surface area contributed by atoms with Gasteiger partial charge in [-0.3, -0.25) is 0 Å². The third-order valence-corrected chi connectivity index (χ3v) is 2.73. The minimum atomic E-state index is -0.410. The molecule has 0 atom stereocenters. The van der Waals surface area contributed by atoms with Crippen LogP contribution in [-0.4, -0.2) is 12.2 Å². The molecule has 0 aliphatic heterocycles. The number of phenolic OH excluding ortho intramolecular Hbond substituents is 1. The number of aromatic hydroxyl groups is 1. The summed E-state index contributed by atoms with van der Waals surface area (Å²) in [4.78, 5) is 0. The van der Waals surface area contributed by atoms with E-state index in [4.69, 9.17) is 16.3 Å². The Morgan fingerprint density at radius 2 is 1.94 bits per heavy atom. The number of halogens is 2. The molecule has 0 aromatic heterocycles. The number of hydrogen-bond acceptors (Lipinski definition) is 2. The molecular formula is C13H10ClFO2. The Kier molecular flexibility index (Phi) is 3.20. The van der Waals surface area contributed by atoms with Crippen LogP contribution < -0.4 is 4.74 Å². The van der Waals surface area contributed by atoms with E-state index in [0.29, 0.717) is 21.9 Å². The molecule has 88 valence electrons. The Morgan fingerprint density at radius 3 is 2.65 bits per heavy atom. The maximum absolute atomic E-state index is 13.1. The van der Waals surface area contributed by atoms with Crippen molar-refractivity contribution >= 4 is 11.6 Å². The lowest BCUT2D eigenvalue weighted by molar-refractivity contribution is 0.415. The van der Waals surface area contributed by atoms with Crippen LogP contribution in [0.2, 0.25) is 5.02 Å². The highest BCUT2D eigenvalue weighted by atomic mass is 35.5. The van der Waals surface area contributed by atoms with Crippen LogP contribution in [0.1, 0.15) is 0 Å². The van der Waals surface area contributed by atoms with E-state index in [1.165, 1.54) is 25.3 Å². The van der Waals surface area contributed by atoms with Gasteiger partial charge >= 0.3 is 0 Å². The van der Waals surface area contributed by atoms with Crippen LogP contribution in [0.25, 0.3) is 11.1 Å². The molecule has 1 N–H and O–H groups in total. The van der Waals surface area contributed by atoms with Crippen LogP contribution in [0, 0.1) is 5.82 Å². The molecule has 2 aromatic rings. The molecule has 0 saturated carbocycles. The smallest absolute Gasteiger partial charge is 0.138 e. The number of ether oxygens (including phenoxy) is 1. The van der Waals surface area contributed by atoms with Gasteiger partial charge in [0, 0.05) is 5.56 Å². The molecule has 0 aliphatic carbocycles. The number of phenols is 1. The van der Waals surface area contributed by atoms with Crippen LogP contribution in [-0.2, 0) is 0 Å². The van der Waals surface area contributed by atoms with Gasteiger partial charge in [0.25, 0.3) is 0 Å². The summed E-state index contributed by atoms with van der Waals surface area (Å²) in [5, 5.41) is 10.1. The molecule has 0 radical (unpaired) electrons. The molecule has 0 spiro atoms. The average Bonchev–Trinajstić information content (AvgIpc) is 2.33. The summed E-state index contributed by atoms with van der Waals surface area (Å²) in [5.74, 6) is 0.0790. The molecule has 0 aliphatic rings. The first-order valence-electron chi connectivity index (χ1n) is 4.94. The Labute approximate surface area is 103 Å². The molecule has 0 saturated heterocycles. The van der Waals surface area contributed by atoms with Gasteiger partial charge in [-0.25, -0.2) is 4.39 Å². The lowest BCUT2D eigenvalue weighted by Crippen LogP contribution is -1.87. The van der Waals surface area contributed by atoms with Gasteiger partial charge in [-0.05, 0) is 35.9 Å². The third-order valence-electron chi connectivity index (χ3n) is 2.42. The molecule has 0 fully saturated rings. The van der Waals surface area contributed by atoms with E-state index in [1.54, 1.807) is 18.2 Å². The van der Waals surface area contributed by atoms with Crippen molar-refractivity contribution in [2.45, 2.75) is 0 Å². The minimum absolute atomic E-state index is 0.00998. The van der Waals surface area contributed by atoms with Crippen molar-refractivity contribution in [1.29, 1.82) is 0 Å². The van der Waals surface area contributed by atoms with Crippen molar-refractivity contribution < 1.29 is 14.2 Å². The number of hydrogen-bond donors (Lipinski definition) is 1. The van der Waals surface area contributed by atoms with Gasteiger partial charge in [-0.2, -0.15) is 0 Å². The van der Waals surface area contributed by atoms with Gasteiger partial charge < -0.3 is 9.84 Å². The Hall–Kier alpha value is -1.74. The second kappa shape index (κ2) is 4.63. The SMILES string of the molecule is COc1cc(-c2cc(F)ccc2O)ccc1Cl. The molecule has 2 aromatic carbocycles. The quantitative estimate of drug-likeness (QED) is 0.879. The molecule has 17 heavy (non-hydrogen) atoms. The summed E-state index contributed by atoms with van der Waals surface area (Å²) in [5.41, 5.74) is 1.04. The first-order chi connectivity index (χ1) is 8.11. The van der Waals surface area contributed by atoms with E-state index in [0.717, 1.165) is 0 Å². The first kappa shape index (κ1) is 11.7. The fraction of sp³-hybridized carbons (Fsp3) is 0.0769. The topological polar surface area (TPSA) is 29.5 Å². The normalized spacial score (nSPS) is 10.3. The molecule has 0 heterocycles. The largest absolute Gasteiger partial charge is 0.507 e. The predicted octanol–water partition coefficient (Wildman–Crippen LogP) is 3.86. The van der Waals surface area contributed by atoms with Crippen molar-refractivity contribution in [2.75, 3.05) is 7.11 Å². The summed E-state index contributed by atoms with van der Waals surface area (Å²) in [6.45, 7) is 0. The van der Waals surface area contributed by atoms with Gasteiger partial charge in [-0.1, -0.05) is 17.7 Å². The summed E-state index contributed by atoms with van der Waals surface area (Å²) in [6, 6.07) is 8.76. The number of benzene rings is 2. The predicted molar refractivity (Wildman–Crippen MR) is 65.1 cm³/mol. The highest BCUT2D eigenvalue weighted by Gasteiger charge is 2.08. The number of methoxy groups -OCH3 is 1. The highest BCUT2D eigenvalue weighted by Crippen LogP contribution is 2.34. The molecule has 0 unspecified atom stereocenters. The van der Waals surface area contributed by atoms with E-state index in [9.17, 15) is 9.50 Å². The zero-order valence-electron chi connectivity index (χ0n) is 9.08. The fourth-order valence-corrected chi connectivity index (χ4v) is 1.76. The number of rotatable bonds is 2. The van der Waals surface area contributed by atoms with E-state index in [2.05, 4.69) is 0 Å². The van der Waals surface area contributed by atoms with Gasteiger partial charge in [0.1, 0.15) is 17.3 Å². The Morgan fingerprint density at radius 1 is 1.18 bits per heavy atom. The second-order valence-electron chi connectivity index (χ2n) is 3.51. The molecule has 4 heteroatoms. The molecule has 2 nitrogen and oxygen atoms in total. The van der Waals surface area contributed by atoms with Crippen LogP contribution >= 0.6 is 11.6 Å². The maximum atomic E-state index is 13.1. The zero-order chi connectivity index (χ0) is 12.4. The van der Waals surface area contributed by atoms with Crippen molar-refractivity contribution in [1.82, 2.24) is 0 Å². The standard InChI is InChI=1S/C13H10ClFO2/c1-17-13-6-8(2-4-11(13)14)10-7-9(15)3-5-12(10)16/h2-7,16H,1H3. The van der Waals surface area contributed by atoms with Crippen molar-refractivity contribution in [3.05, 3.63) is 47.2 Å². The maximum Gasteiger partial charge on any atom is 0.138 e. The van der Waals surface area contributed by atoms with Crippen molar-refractivity contribution in [2.24, 2.45) is 0 Å². The van der Waals surface area contributed by atoms with Crippen LogP contribution in [0.4, 0.5) is 4.39 Å². The van der Waals surface area contributed by atoms with Crippen molar-refractivity contribution in [3.63, 3.8) is 0 Å². The summed E-state index contributed by atoms with van der Waals surface area (Å²) < 4.78 is 18.2.